The van der Waals surface area contributed by atoms with Crippen LogP contribution in [0.5, 0.6) is 5.75 Å². The highest BCUT2D eigenvalue weighted by atomic mass is 79.9. The van der Waals surface area contributed by atoms with E-state index in [1.54, 1.807) is 12.1 Å². The van der Waals surface area contributed by atoms with E-state index in [0.29, 0.717) is 22.5 Å². The summed E-state index contributed by atoms with van der Waals surface area (Å²) in [6, 6.07) is 5.89. The molecular formula is C15H18BrNO2. The molecule has 1 aromatic carbocycles. The first-order valence-electron chi connectivity index (χ1n) is 6.82. The zero-order valence-corrected chi connectivity index (χ0v) is 12.6. The fourth-order valence-electron chi connectivity index (χ4n) is 3.40. The number of phenols is 1. The maximum Gasteiger partial charge on any atom is 0.258 e. The minimum atomic E-state index is -0.00639. The molecule has 3 rings (SSSR count). The summed E-state index contributed by atoms with van der Waals surface area (Å²) < 4.78 is 0. The molecule has 0 saturated carbocycles. The van der Waals surface area contributed by atoms with Gasteiger partial charge in [0, 0.05) is 16.9 Å². The highest BCUT2D eigenvalue weighted by Gasteiger charge is 2.43. The van der Waals surface area contributed by atoms with Crippen molar-refractivity contribution in [3.63, 3.8) is 0 Å². The van der Waals surface area contributed by atoms with Gasteiger partial charge in [-0.3, -0.25) is 4.79 Å². The van der Waals surface area contributed by atoms with Gasteiger partial charge in [-0.25, -0.2) is 0 Å². The maximum absolute atomic E-state index is 12.7. The van der Waals surface area contributed by atoms with Crippen LogP contribution in [-0.4, -0.2) is 32.8 Å². The predicted octanol–water partition coefficient (Wildman–Crippen LogP) is 3.23. The number of halogens is 1. The van der Waals surface area contributed by atoms with E-state index in [0.717, 1.165) is 31.2 Å². The predicted molar refractivity (Wildman–Crippen MR) is 77.8 cm³/mol. The van der Waals surface area contributed by atoms with Gasteiger partial charge in [0.25, 0.3) is 5.91 Å². The average molecular weight is 324 g/mol. The summed E-state index contributed by atoms with van der Waals surface area (Å²) in [5.41, 5.74) is 1.45. The highest BCUT2D eigenvalue weighted by molar-refractivity contribution is 9.09. The van der Waals surface area contributed by atoms with Crippen molar-refractivity contribution < 1.29 is 9.90 Å². The summed E-state index contributed by atoms with van der Waals surface area (Å²) in [5, 5.41) is 9.92. The molecule has 2 unspecified atom stereocenters. The van der Waals surface area contributed by atoms with Gasteiger partial charge < -0.3 is 10.0 Å². The zero-order valence-electron chi connectivity index (χ0n) is 11.0. The number of piperidine rings is 1. The van der Waals surface area contributed by atoms with Crippen LogP contribution in [0.4, 0.5) is 0 Å². The monoisotopic (exact) mass is 323 g/mol. The van der Waals surface area contributed by atoms with Crippen LogP contribution in [0.1, 0.15) is 41.6 Å². The summed E-state index contributed by atoms with van der Waals surface area (Å²) in [7, 11) is 0. The second kappa shape index (κ2) is 4.82. The van der Waals surface area contributed by atoms with Crippen LogP contribution in [0.15, 0.2) is 18.2 Å². The first-order chi connectivity index (χ1) is 9.06. The van der Waals surface area contributed by atoms with Gasteiger partial charge >= 0.3 is 0 Å². The summed E-state index contributed by atoms with van der Waals surface area (Å²) in [6.45, 7) is 1.94. The van der Waals surface area contributed by atoms with Gasteiger partial charge in [-0.05, 0) is 44.7 Å². The third-order valence-electron chi connectivity index (χ3n) is 4.29. The van der Waals surface area contributed by atoms with E-state index in [1.807, 2.05) is 17.9 Å². The Hall–Kier alpha value is -1.03. The molecule has 2 aliphatic heterocycles. The number of carbonyl (C=O) groups excluding carboxylic acids is 1. The van der Waals surface area contributed by atoms with E-state index in [1.165, 1.54) is 0 Å². The quantitative estimate of drug-likeness (QED) is 0.806. The van der Waals surface area contributed by atoms with Gasteiger partial charge in [0.15, 0.2) is 0 Å². The van der Waals surface area contributed by atoms with Crippen molar-refractivity contribution in [1.82, 2.24) is 4.90 Å². The maximum atomic E-state index is 12.7. The first-order valence-corrected chi connectivity index (χ1v) is 7.74. The number of rotatable bonds is 1. The number of hydrogen-bond acceptors (Lipinski definition) is 2. The number of carbonyl (C=O) groups is 1. The van der Waals surface area contributed by atoms with Crippen LogP contribution in [-0.2, 0) is 0 Å². The van der Waals surface area contributed by atoms with E-state index in [-0.39, 0.29) is 11.7 Å². The lowest BCUT2D eigenvalue weighted by Crippen LogP contribution is -2.46. The van der Waals surface area contributed by atoms with E-state index >= 15 is 0 Å². The molecule has 2 heterocycles. The number of amides is 1. The van der Waals surface area contributed by atoms with E-state index in [9.17, 15) is 9.90 Å². The number of alkyl halides is 1. The van der Waals surface area contributed by atoms with Crippen molar-refractivity contribution in [2.24, 2.45) is 0 Å². The molecule has 0 aromatic heterocycles. The molecule has 0 aliphatic carbocycles. The third kappa shape index (κ3) is 2.27. The molecule has 102 valence electrons. The number of nitrogens with zero attached hydrogens (tertiary/aromatic N) is 1. The molecule has 4 heteroatoms. The molecule has 1 amide bonds. The van der Waals surface area contributed by atoms with Crippen molar-refractivity contribution in [2.45, 2.75) is 49.5 Å². The second-order valence-electron chi connectivity index (χ2n) is 5.69. The van der Waals surface area contributed by atoms with Gasteiger partial charge in [0.1, 0.15) is 5.75 Å². The highest BCUT2D eigenvalue weighted by Crippen LogP contribution is 2.40. The van der Waals surface area contributed by atoms with Gasteiger partial charge in [-0.2, -0.15) is 0 Å². The summed E-state index contributed by atoms with van der Waals surface area (Å²) in [4.78, 5) is 15.2. The molecule has 1 N–H and O–H groups in total. The van der Waals surface area contributed by atoms with Crippen LogP contribution in [0.25, 0.3) is 0 Å². The lowest BCUT2D eigenvalue weighted by Gasteiger charge is -2.37. The van der Waals surface area contributed by atoms with Crippen LogP contribution in [0.2, 0.25) is 0 Å². The molecule has 2 aliphatic rings. The van der Waals surface area contributed by atoms with Crippen molar-refractivity contribution >= 4 is 21.8 Å². The minimum Gasteiger partial charge on any atom is -0.507 e. The summed E-state index contributed by atoms with van der Waals surface area (Å²) in [5.74, 6) is 0.0871. The smallest absolute Gasteiger partial charge is 0.258 e. The summed E-state index contributed by atoms with van der Waals surface area (Å²) >= 11 is 3.68. The standard InChI is InChI=1S/C15H18BrNO2/c1-9-2-5-14(18)13(6-9)15(19)17-11-3-4-12(17)8-10(16)7-11/h2,5-6,10-12,18H,3-4,7-8H2,1H3. The number of aromatic hydroxyl groups is 1. The number of phenolic OH excluding ortho intramolecular Hbond substituents is 1. The Labute approximate surface area is 121 Å². The van der Waals surface area contributed by atoms with Crippen molar-refractivity contribution in [1.29, 1.82) is 0 Å². The molecule has 2 fully saturated rings. The van der Waals surface area contributed by atoms with Crippen molar-refractivity contribution in [3.05, 3.63) is 29.3 Å². The topological polar surface area (TPSA) is 40.5 Å². The number of benzene rings is 1. The number of fused-ring (bicyclic) bond motifs is 2. The Kier molecular flexibility index (Phi) is 3.29. The fraction of sp³-hybridized carbons (Fsp3) is 0.533. The van der Waals surface area contributed by atoms with Gasteiger partial charge in [-0.15, -0.1) is 0 Å². The van der Waals surface area contributed by atoms with Crippen molar-refractivity contribution in [2.75, 3.05) is 0 Å². The Morgan fingerprint density at radius 3 is 2.58 bits per heavy atom. The number of hydrogen-bond donors (Lipinski definition) is 1. The molecule has 2 atom stereocenters. The third-order valence-corrected chi connectivity index (χ3v) is 5.04. The van der Waals surface area contributed by atoms with Crippen molar-refractivity contribution in [3.8, 4) is 5.75 Å². The molecule has 19 heavy (non-hydrogen) atoms. The number of aryl methyl sites for hydroxylation is 1. The van der Waals surface area contributed by atoms with Gasteiger partial charge in [0.2, 0.25) is 0 Å². The minimum absolute atomic E-state index is 0.00639. The summed E-state index contributed by atoms with van der Waals surface area (Å²) in [6.07, 6.45) is 4.22. The van der Waals surface area contributed by atoms with Gasteiger partial charge in [0.05, 0.1) is 5.56 Å². The largest absolute Gasteiger partial charge is 0.507 e. The lowest BCUT2D eigenvalue weighted by molar-refractivity contribution is 0.0600. The lowest BCUT2D eigenvalue weighted by atomic mass is 10.0. The molecule has 2 bridgehead atoms. The molecule has 0 spiro atoms. The van der Waals surface area contributed by atoms with Crippen LogP contribution >= 0.6 is 15.9 Å². The molecule has 0 radical (unpaired) electrons. The fourth-order valence-corrected chi connectivity index (χ4v) is 4.27. The normalized spacial score (nSPS) is 29.6. The first kappa shape index (κ1) is 13.0. The Bertz CT molecular complexity index is 503. The Morgan fingerprint density at radius 2 is 1.95 bits per heavy atom. The zero-order chi connectivity index (χ0) is 13.6. The van der Waals surface area contributed by atoms with E-state index in [2.05, 4.69) is 15.9 Å². The molecule has 2 saturated heterocycles. The Morgan fingerprint density at radius 1 is 1.32 bits per heavy atom. The van der Waals surface area contributed by atoms with E-state index in [4.69, 9.17) is 0 Å². The van der Waals surface area contributed by atoms with Crippen LogP contribution < -0.4 is 0 Å². The molecular weight excluding hydrogens is 306 g/mol. The Balaban J connectivity index is 1.90. The molecule has 3 nitrogen and oxygen atoms in total. The van der Waals surface area contributed by atoms with E-state index < -0.39 is 0 Å². The SMILES string of the molecule is Cc1ccc(O)c(C(=O)N2C3CCC2CC(Br)C3)c1. The van der Waals surface area contributed by atoms with Crippen LogP contribution in [0, 0.1) is 6.92 Å². The van der Waals surface area contributed by atoms with Crippen LogP contribution in [0.3, 0.4) is 0 Å². The van der Waals surface area contributed by atoms with Gasteiger partial charge in [-0.1, -0.05) is 27.6 Å². The second-order valence-corrected chi connectivity index (χ2v) is 6.98. The average Bonchev–Trinajstić information content (AvgIpc) is 2.64. The molecule has 1 aromatic rings.